The number of aryl methyl sites for hydroxylation is 2. The monoisotopic (exact) mass is 376 g/mol. The summed E-state index contributed by atoms with van der Waals surface area (Å²) in [5, 5.41) is 2.00. The zero-order valence-corrected chi connectivity index (χ0v) is 15.8. The van der Waals surface area contributed by atoms with Gasteiger partial charge in [0.1, 0.15) is 0 Å². The number of H-pyrrole nitrogens is 1. The fourth-order valence-corrected chi connectivity index (χ4v) is 4.33. The van der Waals surface area contributed by atoms with E-state index in [2.05, 4.69) is 21.2 Å². The molecule has 140 valence electrons. The van der Waals surface area contributed by atoms with E-state index in [9.17, 15) is 13.2 Å². The van der Waals surface area contributed by atoms with Gasteiger partial charge in [-0.15, -0.1) is 0 Å². The number of sulfonamides is 1. The van der Waals surface area contributed by atoms with Crippen LogP contribution >= 0.6 is 0 Å². The van der Waals surface area contributed by atoms with Gasteiger partial charge in [-0.25, -0.2) is 13.1 Å². The van der Waals surface area contributed by atoms with Crippen molar-refractivity contribution in [3.63, 3.8) is 0 Å². The lowest BCUT2D eigenvalue weighted by molar-refractivity contribution is -0.117. The first kappa shape index (κ1) is 18.5. The van der Waals surface area contributed by atoms with Gasteiger partial charge in [0.05, 0.1) is 11.9 Å². The van der Waals surface area contributed by atoms with Crippen LogP contribution in [0.2, 0.25) is 0 Å². The summed E-state index contributed by atoms with van der Waals surface area (Å²) in [4.78, 5) is 16.9. The number of hydrogen-bond acceptors (Lipinski definition) is 4. The van der Waals surface area contributed by atoms with E-state index in [4.69, 9.17) is 5.73 Å². The third-order valence-corrected chi connectivity index (χ3v) is 6.06. The van der Waals surface area contributed by atoms with E-state index in [0.717, 1.165) is 51.8 Å². The van der Waals surface area contributed by atoms with Gasteiger partial charge in [-0.2, -0.15) is 0 Å². The number of anilines is 1. The summed E-state index contributed by atoms with van der Waals surface area (Å²) in [6, 6.07) is 3.75. The minimum Gasteiger partial charge on any atom is -0.369 e. The van der Waals surface area contributed by atoms with Crippen LogP contribution in [0.4, 0.5) is 5.69 Å². The van der Waals surface area contributed by atoms with Crippen molar-refractivity contribution in [3.8, 4) is 0 Å². The van der Waals surface area contributed by atoms with Crippen molar-refractivity contribution in [3.05, 3.63) is 40.9 Å². The Morgan fingerprint density at radius 2 is 2.19 bits per heavy atom. The van der Waals surface area contributed by atoms with Crippen LogP contribution in [0, 0.1) is 13.8 Å². The predicted octanol–water partition coefficient (Wildman–Crippen LogP) is 1.45. The molecule has 2 aromatic rings. The Morgan fingerprint density at radius 1 is 1.46 bits per heavy atom. The second-order valence-electron chi connectivity index (χ2n) is 6.77. The Bertz CT molecular complexity index is 978. The van der Waals surface area contributed by atoms with Gasteiger partial charge in [0.25, 0.3) is 0 Å². The maximum atomic E-state index is 11.7. The number of amides is 1. The average Bonchev–Trinajstić information content (AvgIpc) is 3.13. The first-order valence-electron chi connectivity index (χ1n) is 8.50. The number of carbonyl (C=O) groups excluding carboxylic acids is 1. The fraction of sp³-hybridized carbons (Fsp3) is 0.389. The molecular formula is C18H24N4O3S. The quantitative estimate of drug-likeness (QED) is 0.709. The molecule has 0 spiro atoms. The van der Waals surface area contributed by atoms with Gasteiger partial charge in [0, 0.05) is 41.3 Å². The van der Waals surface area contributed by atoms with Crippen molar-refractivity contribution in [1.82, 2.24) is 9.71 Å². The van der Waals surface area contributed by atoms with Crippen LogP contribution in [0.3, 0.4) is 0 Å². The first-order chi connectivity index (χ1) is 12.2. The Kier molecular flexibility index (Phi) is 4.81. The number of benzene rings is 1. The summed E-state index contributed by atoms with van der Waals surface area (Å²) < 4.78 is 26.1. The number of aromatic nitrogens is 1. The van der Waals surface area contributed by atoms with Crippen LogP contribution in [0.1, 0.15) is 23.2 Å². The van der Waals surface area contributed by atoms with Gasteiger partial charge in [-0.3, -0.25) is 4.79 Å². The van der Waals surface area contributed by atoms with E-state index in [1.165, 1.54) is 0 Å². The molecule has 1 atom stereocenters. The van der Waals surface area contributed by atoms with Crippen LogP contribution in [-0.4, -0.2) is 38.4 Å². The molecule has 3 rings (SSSR count). The summed E-state index contributed by atoms with van der Waals surface area (Å²) in [7, 11) is -3.45. The van der Waals surface area contributed by atoms with Crippen molar-refractivity contribution in [2.45, 2.75) is 32.7 Å². The zero-order chi connectivity index (χ0) is 19.1. The van der Waals surface area contributed by atoms with E-state index in [1.54, 1.807) is 0 Å². The van der Waals surface area contributed by atoms with Gasteiger partial charge >= 0.3 is 0 Å². The molecule has 0 aliphatic carbocycles. The topological polar surface area (TPSA) is 108 Å². The van der Waals surface area contributed by atoms with Crippen LogP contribution in [-0.2, 0) is 21.2 Å². The predicted molar refractivity (Wildman–Crippen MR) is 104 cm³/mol. The maximum absolute atomic E-state index is 11.7. The normalized spacial score (nSPS) is 17.8. The van der Waals surface area contributed by atoms with E-state index in [-0.39, 0.29) is 18.4 Å². The summed E-state index contributed by atoms with van der Waals surface area (Å²) >= 11 is 0. The molecule has 7 nitrogen and oxygen atoms in total. The molecule has 8 heteroatoms. The van der Waals surface area contributed by atoms with Gasteiger partial charge in [-0.1, -0.05) is 12.6 Å². The first-order valence-corrected chi connectivity index (χ1v) is 10.0. The van der Waals surface area contributed by atoms with E-state index in [1.807, 2.05) is 26.0 Å². The van der Waals surface area contributed by atoms with Gasteiger partial charge in [-0.05, 0) is 37.5 Å². The molecule has 26 heavy (non-hydrogen) atoms. The number of nitrogens with two attached hydrogens (primary N) is 1. The molecular weight excluding hydrogens is 352 g/mol. The fourth-order valence-electron chi connectivity index (χ4n) is 3.58. The minimum atomic E-state index is -3.45. The lowest BCUT2D eigenvalue weighted by Crippen LogP contribution is -2.35. The van der Waals surface area contributed by atoms with Crippen molar-refractivity contribution in [2.75, 3.05) is 18.0 Å². The minimum absolute atomic E-state index is 0.154. The van der Waals surface area contributed by atoms with Gasteiger partial charge in [0.15, 0.2) is 0 Å². The average molecular weight is 376 g/mol. The van der Waals surface area contributed by atoms with E-state index >= 15 is 0 Å². The Hall–Kier alpha value is -2.32. The van der Waals surface area contributed by atoms with Crippen molar-refractivity contribution in [1.29, 1.82) is 0 Å². The van der Waals surface area contributed by atoms with E-state index in [0.29, 0.717) is 6.54 Å². The smallest absolute Gasteiger partial charge is 0.233 e. The van der Waals surface area contributed by atoms with Crippen LogP contribution in [0.5, 0.6) is 0 Å². The lowest BCUT2D eigenvalue weighted by atomic mass is 10.0. The maximum Gasteiger partial charge on any atom is 0.233 e. The lowest BCUT2D eigenvalue weighted by Gasteiger charge is -2.21. The molecule has 0 radical (unpaired) electrons. The van der Waals surface area contributed by atoms with Crippen LogP contribution in [0.25, 0.3) is 10.9 Å². The molecule has 1 amide bonds. The molecule has 1 aliphatic rings. The molecule has 0 saturated carbocycles. The highest BCUT2D eigenvalue weighted by Gasteiger charge is 2.27. The molecule has 1 aromatic heterocycles. The summed E-state index contributed by atoms with van der Waals surface area (Å²) in [6.07, 6.45) is 0.901. The number of fused-ring (bicyclic) bond motifs is 1. The van der Waals surface area contributed by atoms with Crippen molar-refractivity contribution >= 4 is 32.5 Å². The van der Waals surface area contributed by atoms with Gasteiger partial charge in [0.2, 0.25) is 15.9 Å². The Morgan fingerprint density at radius 3 is 2.85 bits per heavy atom. The molecule has 4 N–H and O–H groups in total. The molecule has 2 heterocycles. The zero-order valence-electron chi connectivity index (χ0n) is 15.0. The molecule has 0 bridgehead atoms. The number of nitrogens with one attached hydrogen (secondary N) is 2. The molecule has 1 saturated heterocycles. The highest BCUT2D eigenvalue weighted by molar-refractivity contribution is 7.92. The number of nitrogens with zero attached hydrogens (tertiary/aromatic N) is 1. The van der Waals surface area contributed by atoms with E-state index < -0.39 is 10.0 Å². The SMILES string of the molecule is C=CS(=O)(=O)NC1CCN(c2ccc(CC(N)=O)c3[nH]c(C)c(C)c23)C1. The Labute approximate surface area is 153 Å². The number of hydrogen-bond donors (Lipinski definition) is 3. The van der Waals surface area contributed by atoms with Gasteiger partial charge < -0.3 is 15.6 Å². The largest absolute Gasteiger partial charge is 0.369 e. The number of carbonyl (C=O) groups is 1. The molecule has 1 fully saturated rings. The third-order valence-electron chi connectivity index (χ3n) is 4.96. The molecule has 1 unspecified atom stereocenters. The third kappa shape index (κ3) is 3.47. The van der Waals surface area contributed by atoms with Crippen LogP contribution in [0.15, 0.2) is 24.1 Å². The molecule has 1 aliphatic heterocycles. The summed E-state index contributed by atoms with van der Waals surface area (Å²) in [6.45, 7) is 8.71. The highest BCUT2D eigenvalue weighted by Crippen LogP contribution is 2.35. The second kappa shape index (κ2) is 6.77. The number of aromatic amines is 1. The number of primary amides is 1. The van der Waals surface area contributed by atoms with Crippen molar-refractivity contribution in [2.24, 2.45) is 5.73 Å². The number of rotatable bonds is 6. The standard InChI is InChI=1S/C18H24N4O3S/c1-4-26(24,25)21-14-7-8-22(10-14)15-6-5-13(9-16(19)23)18-17(15)11(2)12(3)20-18/h4-6,14,20-21H,1,7-10H2,2-3H3,(H2,19,23). The van der Waals surface area contributed by atoms with Crippen molar-refractivity contribution < 1.29 is 13.2 Å². The highest BCUT2D eigenvalue weighted by atomic mass is 32.2. The second-order valence-corrected chi connectivity index (χ2v) is 8.43. The summed E-state index contributed by atoms with van der Waals surface area (Å²) in [5.74, 6) is -0.371. The Balaban J connectivity index is 1.96. The summed E-state index contributed by atoms with van der Waals surface area (Å²) in [5.41, 5.74) is 10.4. The molecule has 1 aromatic carbocycles. The van der Waals surface area contributed by atoms with Crippen LogP contribution < -0.4 is 15.4 Å².